The molecule has 2 heterocycles. The van der Waals surface area contributed by atoms with Gasteiger partial charge in [0.1, 0.15) is 0 Å². The highest BCUT2D eigenvalue weighted by Crippen LogP contribution is 2.32. The van der Waals surface area contributed by atoms with E-state index in [1.165, 1.54) is 23.3 Å². The van der Waals surface area contributed by atoms with Crippen LogP contribution in [0.15, 0.2) is 73.4 Å². The van der Waals surface area contributed by atoms with Crippen molar-refractivity contribution in [3.05, 3.63) is 99.9 Å². The molecule has 1 aliphatic rings. The first-order valence-electron chi connectivity index (χ1n) is 13.0. The highest BCUT2D eigenvalue weighted by atomic mass is 32.1. The second kappa shape index (κ2) is 11.6. The molecule has 0 spiro atoms. The summed E-state index contributed by atoms with van der Waals surface area (Å²) < 4.78 is 0. The van der Waals surface area contributed by atoms with E-state index >= 15 is 0 Å². The number of hydrogen-bond donors (Lipinski definition) is 2. The molecular formula is C31H31N5O2S. The highest BCUT2D eigenvalue weighted by molar-refractivity contribution is 7.14. The Hall–Kier alpha value is -4.30. The zero-order valence-corrected chi connectivity index (χ0v) is 23.0. The number of hydrogen-bond acceptors (Lipinski definition) is 6. The van der Waals surface area contributed by atoms with Gasteiger partial charge in [-0.15, -0.1) is 17.9 Å². The van der Waals surface area contributed by atoms with Crippen LogP contribution in [0, 0.1) is 6.92 Å². The molecule has 2 N–H and O–H groups in total. The summed E-state index contributed by atoms with van der Waals surface area (Å²) in [6.07, 6.45) is 7.92. The predicted molar refractivity (Wildman–Crippen MR) is 158 cm³/mol. The van der Waals surface area contributed by atoms with Crippen molar-refractivity contribution in [2.24, 2.45) is 0 Å². The number of benzene rings is 2. The van der Waals surface area contributed by atoms with Gasteiger partial charge < -0.3 is 15.5 Å². The van der Waals surface area contributed by atoms with Crippen molar-refractivity contribution in [3.8, 4) is 11.3 Å². The van der Waals surface area contributed by atoms with E-state index in [4.69, 9.17) is 4.98 Å². The van der Waals surface area contributed by atoms with E-state index < -0.39 is 0 Å². The molecule has 2 aromatic heterocycles. The largest absolute Gasteiger partial charge is 0.338 e. The number of anilines is 3. The smallest absolute Gasteiger partial charge is 0.265 e. The van der Waals surface area contributed by atoms with Gasteiger partial charge in [-0.3, -0.25) is 9.59 Å². The molecule has 0 radical (unpaired) electrons. The number of amides is 2. The normalized spacial score (nSPS) is 12.4. The van der Waals surface area contributed by atoms with Crippen molar-refractivity contribution in [1.82, 2.24) is 14.9 Å². The van der Waals surface area contributed by atoms with Gasteiger partial charge in [0, 0.05) is 47.2 Å². The third kappa shape index (κ3) is 5.91. The van der Waals surface area contributed by atoms with Crippen LogP contribution in [-0.2, 0) is 12.8 Å². The predicted octanol–water partition coefficient (Wildman–Crippen LogP) is 6.65. The molecule has 0 unspecified atom stereocenters. The Morgan fingerprint density at radius 2 is 1.90 bits per heavy atom. The molecule has 0 atom stereocenters. The van der Waals surface area contributed by atoms with Crippen LogP contribution in [0.25, 0.3) is 11.3 Å². The first-order valence-corrected chi connectivity index (χ1v) is 13.8. The van der Waals surface area contributed by atoms with Crippen LogP contribution in [0.2, 0.25) is 0 Å². The van der Waals surface area contributed by atoms with Crippen LogP contribution in [0.1, 0.15) is 48.9 Å². The fraction of sp³-hybridized carbons (Fsp3) is 0.226. The molecule has 4 aromatic rings. The number of fused-ring (bicyclic) bond motifs is 1. The molecule has 0 saturated heterocycles. The van der Waals surface area contributed by atoms with Crippen molar-refractivity contribution in [1.29, 1.82) is 0 Å². The number of likely N-dealkylation sites (N-methyl/N-ethyl adjacent to an activating group) is 1. The van der Waals surface area contributed by atoms with Crippen molar-refractivity contribution < 1.29 is 9.59 Å². The van der Waals surface area contributed by atoms with Crippen LogP contribution >= 0.6 is 11.3 Å². The maximum Gasteiger partial charge on any atom is 0.265 e. The van der Waals surface area contributed by atoms with E-state index in [9.17, 15) is 9.59 Å². The first kappa shape index (κ1) is 26.3. The van der Waals surface area contributed by atoms with Crippen molar-refractivity contribution >= 4 is 40.5 Å². The minimum absolute atomic E-state index is 0.0687. The van der Waals surface area contributed by atoms with E-state index in [1.807, 2.05) is 43.3 Å². The Bertz CT molecular complexity index is 1500. The van der Waals surface area contributed by atoms with E-state index in [0.717, 1.165) is 45.9 Å². The number of aromatic nitrogens is 2. The Morgan fingerprint density at radius 3 is 2.67 bits per heavy atom. The van der Waals surface area contributed by atoms with Gasteiger partial charge >= 0.3 is 0 Å². The maximum atomic E-state index is 13.1. The molecular weight excluding hydrogens is 506 g/mol. The third-order valence-corrected chi connectivity index (χ3v) is 8.11. The molecule has 0 fully saturated rings. The molecule has 8 heteroatoms. The molecule has 0 bridgehead atoms. The van der Waals surface area contributed by atoms with Gasteiger partial charge in [-0.1, -0.05) is 18.2 Å². The van der Waals surface area contributed by atoms with Crippen LogP contribution in [-0.4, -0.2) is 40.3 Å². The third-order valence-electron chi connectivity index (χ3n) is 6.87. The topological polar surface area (TPSA) is 87.2 Å². The average molecular weight is 538 g/mol. The SMILES string of the molecule is C=CCN(C)C(=O)c1ccc(Nc2nccc(-c3cccc(NC(=O)c4cc5c(s4)CCCC5)c3C)n2)cc1. The van der Waals surface area contributed by atoms with Gasteiger partial charge in [-0.05, 0) is 86.2 Å². The first-order chi connectivity index (χ1) is 18.9. The number of rotatable bonds is 8. The number of carbonyl (C=O) groups is 2. The summed E-state index contributed by atoms with van der Waals surface area (Å²) in [6, 6.07) is 16.9. The molecule has 39 heavy (non-hydrogen) atoms. The maximum absolute atomic E-state index is 13.1. The van der Waals surface area contributed by atoms with Crippen LogP contribution in [0.3, 0.4) is 0 Å². The lowest BCUT2D eigenvalue weighted by Gasteiger charge is -2.15. The number of thiophene rings is 1. The quantitative estimate of drug-likeness (QED) is 0.246. The van der Waals surface area contributed by atoms with Gasteiger partial charge in [0.25, 0.3) is 11.8 Å². The Morgan fingerprint density at radius 1 is 1.10 bits per heavy atom. The fourth-order valence-electron chi connectivity index (χ4n) is 4.73. The van der Waals surface area contributed by atoms with E-state index in [2.05, 4.69) is 28.3 Å². The summed E-state index contributed by atoms with van der Waals surface area (Å²) in [4.78, 5) is 38.3. The Labute approximate surface area is 232 Å². The summed E-state index contributed by atoms with van der Waals surface area (Å²) in [5, 5.41) is 6.32. The van der Waals surface area contributed by atoms with Gasteiger partial charge in [0.05, 0.1) is 10.6 Å². The summed E-state index contributed by atoms with van der Waals surface area (Å²) >= 11 is 1.61. The number of nitrogens with one attached hydrogen (secondary N) is 2. The molecule has 0 aliphatic heterocycles. The van der Waals surface area contributed by atoms with E-state index in [-0.39, 0.29) is 11.8 Å². The summed E-state index contributed by atoms with van der Waals surface area (Å²) in [5.74, 6) is 0.298. The summed E-state index contributed by atoms with van der Waals surface area (Å²) in [6.45, 7) is 6.15. The molecule has 2 amide bonds. The molecule has 198 valence electrons. The number of nitrogens with zero attached hydrogens (tertiary/aromatic N) is 3. The van der Waals surface area contributed by atoms with Crippen molar-refractivity contribution in [2.45, 2.75) is 32.6 Å². The summed E-state index contributed by atoms with van der Waals surface area (Å²) in [5.41, 5.74) is 6.04. The lowest BCUT2D eigenvalue weighted by molar-refractivity contribution is 0.0810. The Kier molecular flexibility index (Phi) is 7.84. The molecule has 1 aliphatic carbocycles. The molecule has 2 aromatic carbocycles. The molecule has 7 nitrogen and oxygen atoms in total. The zero-order valence-electron chi connectivity index (χ0n) is 22.2. The lowest BCUT2D eigenvalue weighted by atomic mass is 9.99. The van der Waals surface area contributed by atoms with E-state index in [0.29, 0.717) is 18.1 Å². The highest BCUT2D eigenvalue weighted by Gasteiger charge is 2.18. The summed E-state index contributed by atoms with van der Waals surface area (Å²) in [7, 11) is 1.74. The van der Waals surface area contributed by atoms with Crippen LogP contribution < -0.4 is 10.6 Å². The number of aryl methyl sites for hydroxylation is 2. The van der Waals surface area contributed by atoms with Crippen molar-refractivity contribution in [2.75, 3.05) is 24.2 Å². The standard InChI is InChI=1S/C31H31N5O2S/c1-4-18-36(3)30(38)21-12-14-23(15-13-21)33-31-32-17-16-26(35-31)24-9-7-10-25(20(24)2)34-29(37)28-19-22-8-5-6-11-27(22)39-28/h4,7,9-10,12-17,19H,1,5-6,8,11,18H2,2-3H3,(H,34,37)(H,32,33,35). The molecule has 5 rings (SSSR count). The van der Waals surface area contributed by atoms with Gasteiger partial charge in [0.2, 0.25) is 5.95 Å². The van der Waals surface area contributed by atoms with Gasteiger partial charge in [0.15, 0.2) is 0 Å². The lowest BCUT2D eigenvalue weighted by Crippen LogP contribution is -2.26. The van der Waals surface area contributed by atoms with Gasteiger partial charge in [-0.25, -0.2) is 9.97 Å². The fourth-order valence-corrected chi connectivity index (χ4v) is 5.87. The second-order valence-corrected chi connectivity index (χ2v) is 10.8. The minimum Gasteiger partial charge on any atom is -0.338 e. The molecule has 0 saturated carbocycles. The second-order valence-electron chi connectivity index (χ2n) is 9.64. The Balaban J connectivity index is 1.31. The van der Waals surface area contributed by atoms with Crippen LogP contribution in [0.4, 0.5) is 17.3 Å². The monoisotopic (exact) mass is 537 g/mol. The van der Waals surface area contributed by atoms with Crippen molar-refractivity contribution in [3.63, 3.8) is 0 Å². The van der Waals surface area contributed by atoms with Gasteiger partial charge in [-0.2, -0.15) is 0 Å². The zero-order chi connectivity index (χ0) is 27.4. The minimum atomic E-state index is -0.0719. The van der Waals surface area contributed by atoms with Crippen LogP contribution in [0.5, 0.6) is 0 Å². The van der Waals surface area contributed by atoms with E-state index in [1.54, 1.807) is 47.7 Å². The number of carbonyl (C=O) groups excluding carboxylic acids is 2. The average Bonchev–Trinajstić information content (AvgIpc) is 3.39.